The summed E-state index contributed by atoms with van der Waals surface area (Å²) in [5, 5.41) is 4.48. The lowest BCUT2D eigenvalue weighted by atomic mass is 10.2. The van der Waals surface area contributed by atoms with Gasteiger partial charge in [-0.2, -0.15) is 5.10 Å². The van der Waals surface area contributed by atoms with Gasteiger partial charge < -0.3 is 19.2 Å². The van der Waals surface area contributed by atoms with Gasteiger partial charge >= 0.3 is 11.7 Å². The van der Waals surface area contributed by atoms with Gasteiger partial charge in [-0.15, -0.1) is 4.68 Å². The van der Waals surface area contributed by atoms with Crippen LogP contribution in [0.4, 0.5) is 0 Å². The van der Waals surface area contributed by atoms with Crippen LogP contribution >= 0.6 is 27.5 Å². The molecule has 0 saturated carbocycles. The second kappa shape index (κ2) is 10.7. The van der Waals surface area contributed by atoms with Gasteiger partial charge in [-0.25, -0.2) is 9.59 Å². The maximum atomic E-state index is 12.7. The molecule has 0 spiro atoms. The van der Waals surface area contributed by atoms with Crippen LogP contribution in [0.2, 0.25) is 5.02 Å². The summed E-state index contributed by atoms with van der Waals surface area (Å²) in [6, 6.07) is 8.19. The summed E-state index contributed by atoms with van der Waals surface area (Å²) in [5.41, 5.74) is -0.424. The van der Waals surface area contributed by atoms with E-state index in [4.69, 9.17) is 25.8 Å². The minimum atomic E-state index is -0.689. The first-order valence-electron chi connectivity index (χ1n) is 9.98. The maximum absolute atomic E-state index is 12.7. The second-order valence-electron chi connectivity index (χ2n) is 7.02. The normalized spacial score (nSPS) is 11.3. The number of nitrogens with one attached hydrogen (secondary N) is 1. The number of carbonyl (C=O) groups excluding carboxylic acids is 1. The Hall–Kier alpha value is -3.11. The van der Waals surface area contributed by atoms with Crippen LogP contribution in [0.3, 0.4) is 0 Å². The smallest absolute Gasteiger partial charge is 0.349 e. The van der Waals surface area contributed by atoms with Gasteiger partial charge in [-0.05, 0) is 54.9 Å². The quantitative estimate of drug-likeness (QED) is 0.346. The number of benzene rings is 2. The van der Waals surface area contributed by atoms with E-state index >= 15 is 0 Å². The van der Waals surface area contributed by atoms with Crippen LogP contribution in [0.1, 0.15) is 26.3 Å². The zero-order chi connectivity index (χ0) is 24.1. The molecule has 0 aliphatic rings. The third kappa shape index (κ3) is 5.63. The molecular formula is C22H21BrClN3O6. The highest BCUT2D eigenvalue weighted by Gasteiger charge is 2.19. The molecule has 0 radical (unpaired) electrons. The van der Waals surface area contributed by atoms with Crippen LogP contribution in [-0.4, -0.2) is 41.2 Å². The van der Waals surface area contributed by atoms with Crippen molar-refractivity contribution in [2.75, 3.05) is 13.2 Å². The van der Waals surface area contributed by atoms with Crippen molar-refractivity contribution in [3.8, 4) is 11.5 Å². The van der Waals surface area contributed by atoms with Crippen molar-refractivity contribution in [1.82, 2.24) is 9.66 Å². The molecule has 9 nitrogen and oxygen atoms in total. The molecule has 174 valence electrons. The average molecular weight is 539 g/mol. The molecule has 0 saturated heterocycles. The largest absolute Gasteiger partial charge is 0.490 e. The van der Waals surface area contributed by atoms with Crippen LogP contribution in [-0.2, 0) is 9.53 Å². The topological polar surface area (TPSA) is 112 Å². The van der Waals surface area contributed by atoms with Crippen molar-refractivity contribution in [2.45, 2.75) is 26.9 Å². The fourth-order valence-electron chi connectivity index (χ4n) is 2.90. The highest BCUT2D eigenvalue weighted by molar-refractivity contribution is 9.10. The summed E-state index contributed by atoms with van der Waals surface area (Å²) in [6.07, 6.45) is 1.01. The molecule has 0 bridgehead atoms. The summed E-state index contributed by atoms with van der Waals surface area (Å²) in [7, 11) is 0. The average Bonchev–Trinajstić information content (AvgIpc) is 2.76. The fraction of sp³-hybridized carbons (Fsp3) is 0.273. The summed E-state index contributed by atoms with van der Waals surface area (Å²) in [5.74, 6) is -0.159. The number of ether oxygens (including phenoxy) is 3. The number of carbonyl (C=O) groups is 1. The van der Waals surface area contributed by atoms with Crippen molar-refractivity contribution in [1.29, 1.82) is 0 Å². The van der Waals surface area contributed by atoms with Gasteiger partial charge in [0, 0.05) is 10.0 Å². The molecule has 0 amide bonds. The molecule has 0 unspecified atom stereocenters. The number of H-pyrrole nitrogens is 1. The molecule has 11 heteroatoms. The molecule has 2 aromatic carbocycles. The number of aromatic nitrogens is 2. The Bertz CT molecular complexity index is 1330. The number of nitrogens with zero attached hydrogens (tertiary/aromatic N) is 2. The third-order valence-electron chi connectivity index (χ3n) is 4.25. The Morgan fingerprint density at radius 1 is 1.27 bits per heavy atom. The lowest BCUT2D eigenvalue weighted by Crippen LogP contribution is -2.32. The Labute approximate surface area is 202 Å². The Morgan fingerprint density at radius 3 is 2.70 bits per heavy atom. The second-order valence-corrected chi connectivity index (χ2v) is 8.19. The molecule has 33 heavy (non-hydrogen) atoms. The minimum absolute atomic E-state index is 0.125. The van der Waals surface area contributed by atoms with Crippen LogP contribution in [0.15, 0.2) is 49.5 Å². The van der Waals surface area contributed by atoms with Gasteiger partial charge in [0.25, 0.3) is 5.56 Å². The number of rotatable bonds is 8. The predicted molar refractivity (Wildman–Crippen MR) is 129 cm³/mol. The van der Waals surface area contributed by atoms with Crippen molar-refractivity contribution < 1.29 is 19.0 Å². The van der Waals surface area contributed by atoms with E-state index in [0.717, 1.165) is 4.68 Å². The number of fused-ring (bicyclic) bond motifs is 1. The van der Waals surface area contributed by atoms with Gasteiger partial charge in [0.2, 0.25) is 0 Å². The first-order chi connectivity index (χ1) is 15.7. The highest BCUT2D eigenvalue weighted by Crippen LogP contribution is 2.42. The van der Waals surface area contributed by atoms with Crippen molar-refractivity contribution in [2.24, 2.45) is 5.10 Å². The molecule has 3 aromatic rings. The van der Waals surface area contributed by atoms with E-state index in [0.29, 0.717) is 27.5 Å². The first-order valence-corrected chi connectivity index (χ1v) is 11.2. The van der Waals surface area contributed by atoms with E-state index in [2.05, 4.69) is 26.0 Å². The summed E-state index contributed by atoms with van der Waals surface area (Å²) in [4.78, 5) is 39.5. The van der Waals surface area contributed by atoms with Crippen LogP contribution < -0.4 is 20.7 Å². The van der Waals surface area contributed by atoms with E-state index in [1.165, 1.54) is 6.21 Å². The van der Waals surface area contributed by atoms with Gasteiger partial charge in [0.1, 0.15) is 5.02 Å². The molecule has 1 heterocycles. The Morgan fingerprint density at radius 2 is 2.00 bits per heavy atom. The SMILES string of the molecule is CCOc1cc(C=Nn2c(=O)[nH]c3ccccc3c2=O)c(Br)c(Cl)c1OCC(=O)OC(C)C. The molecule has 0 aliphatic heterocycles. The summed E-state index contributed by atoms with van der Waals surface area (Å²) >= 11 is 9.81. The van der Waals surface area contributed by atoms with E-state index in [9.17, 15) is 14.4 Å². The lowest BCUT2D eigenvalue weighted by molar-refractivity contribution is -0.149. The Balaban J connectivity index is 1.98. The van der Waals surface area contributed by atoms with Crippen molar-refractivity contribution >= 4 is 50.6 Å². The lowest BCUT2D eigenvalue weighted by Gasteiger charge is -2.16. The number of aromatic amines is 1. The molecular weight excluding hydrogens is 518 g/mol. The standard InChI is InChI=1S/C22H21BrClN3O6/c1-4-31-16-9-13(18(23)19(24)20(16)32-11-17(28)33-12(2)3)10-25-27-21(29)14-7-5-6-8-15(14)26-22(27)30/h5-10,12H,4,11H2,1-3H3,(H,26,30). The van der Waals surface area contributed by atoms with E-state index < -0.39 is 17.2 Å². The number of esters is 1. The van der Waals surface area contributed by atoms with Gasteiger partial charge in [0.05, 0.1) is 29.8 Å². The minimum Gasteiger partial charge on any atom is -0.490 e. The number of para-hydroxylation sites is 1. The molecule has 0 fully saturated rings. The zero-order valence-corrected chi connectivity index (χ0v) is 20.4. The zero-order valence-electron chi connectivity index (χ0n) is 18.1. The molecule has 3 rings (SSSR count). The molecule has 0 atom stereocenters. The number of halogens is 2. The van der Waals surface area contributed by atoms with Crippen LogP contribution in [0.5, 0.6) is 11.5 Å². The van der Waals surface area contributed by atoms with Crippen LogP contribution in [0.25, 0.3) is 10.9 Å². The first kappa shape index (κ1) is 24.5. The van der Waals surface area contributed by atoms with Gasteiger partial charge in [0.15, 0.2) is 18.1 Å². The molecule has 0 aliphatic carbocycles. The number of hydrogen-bond acceptors (Lipinski definition) is 7. The highest BCUT2D eigenvalue weighted by atomic mass is 79.9. The third-order valence-corrected chi connectivity index (χ3v) is 5.70. The van der Waals surface area contributed by atoms with E-state index in [-0.39, 0.29) is 29.2 Å². The van der Waals surface area contributed by atoms with Crippen molar-refractivity contribution in [3.05, 3.63) is 66.2 Å². The maximum Gasteiger partial charge on any atom is 0.349 e. The van der Waals surface area contributed by atoms with E-state index in [1.54, 1.807) is 51.1 Å². The van der Waals surface area contributed by atoms with Gasteiger partial charge in [-0.1, -0.05) is 23.7 Å². The summed E-state index contributed by atoms with van der Waals surface area (Å²) in [6.45, 7) is 5.17. The fourth-order valence-corrected chi connectivity index (χ4v) is 3.56. The van der Waals surface area contributed by atoms with Crippen LogP contribution in [0, 0.1) is 0 Å². The molecule has 1 N–H and O–H groups in total. The monoisotopic (exact) mass is 537 g/mol. The Kier molecular flexibility index (Phi) is 7.93. The number of hydrogen-bond donors (Lipinski definition) is 1. The van der Waals surface area contributed by atoms with Gasteiger partial charge in [-0.3, -0.25) is 4.79 Å². The van der Waals surface area contributed by atoms with E-state index in [1.807, 2.05) is 0 Å². The summed E-state index contributed by atoms with van der Waals surface area (Å²) < 4.78 is 17.3. The van der Waals surface area contributed by atoms with Crippen molar-refractivity contribution in [3.63, 3.8) is 0 Å². The molecule has 1 aromatic heterocycles. The predicted octanol–water partition coefficient (Wildman–Crippen LogP) is 3.72.